The highest BCUT2D eigenvalue weighted by atomic mass is 32.2. The molecule has 5 nitrogen and oxygen atoms in total. The molecule has 0 aliphatic heterocycles. The third-order valence-corrected chi connectivity index (χ3v) is 3.79. The van der Waals surface area contributed by atoms with Gasteiger partial charge in [0.2, 0.25) is 0 Å². The van der Waals surface area contributed by atoms with E-state index in [9.17, 15) is 13.2 Å². The maximum Gasteiger partial charge on any atom is 0.251 e. The normalized spacial score (nSPS) is 13.0. The summed E-state index contributed by atoms with van der Waals surface area (Å²) in [6, 6.07) is 6.12. The number of hydrogen-bond acceptors (Lipinski definition) is 4. The number of rotatable bonds is 6. The van der Waals surface area contributed by atoms with E-state index in [1.807, 2.05) is 13.8 Å². The highest BCUT2D eigenvalue weighted by Gasteiger charge is 2.10. The van der Waals surface area contributed by atoms with Crippen molar-refractivity contribution in [3.63, 3.8) is 0 Å². The Morgan fingerprint density at radius 3 is 2.32 bits per heavy atom. The van der Waals surface area contributed by atoms with Crippen molar-refractivity contribution in [1.29, 1.82) is 0 Å². The maximum atomic E-state index is 11.8. The van der Waals surface area contributed by atoms with Gasteiger partial charge in [0.15, 0.2) is 9.84 Å². The van der Waals surface area contributed by atoms with Gasteiger partial charge in [0, 0.05) is 24.4 Å². The van der Waals surface area contributed by atoms with Gasteiger partial charge in [0.05, 0.1) is 4.90 Å². The molecule has 0 aliphatic carbocycles. The van der Waals surface area contributed by atoms with Crippen molar-refractivity contribution < 1.29 is 13.2 Å². The average molecular weight is 284 g/mol. The van der Waals surface area contributed by atoms with E-state index in [0.717, 1.165) is 12.8 Å². The van der Waals surface area contributed by atoms with Gasteiger partial charge in [0.25, 0.3) is 5.91 Å². The van der Waals surface area contributed by atoms with Crippen LogP contribution in [0.3, 0.4) is 0 Å². The van der Waals surface area contributed by atoms with Crippen molar-refractivity contribution in [3.05, 3.63) is 29.8 Å². The lowest BCUT2D eigenvalue weighted by atomic mass is 10.2. The summed E-state index contributed by atoms with van der Waals surface area (Å²) in [6.45, 7) is 5.36. The van der Waals surface area contributed by atoms with Crippen LogP contribution in [0.5, 0.6) is 0 Å². The lowest BCUT2D eigenvalue weighted by molar-refractivity contribution is 0.0950. The fraction of sp³-hybridized carbons (Fsp3) is 0.462. The van der Waals surface area contributed by atoms with Crippen LogP contribution in [-0.2, 0) is 9.84 Å². The van der Waals surface area contributed by atoms with Crippen LogP contribution in [0.1, 0.15) is 24.2 Å². The summed E-state index contributed by atoms with van der Waals surface area (Å²) in [6.07, 6.45) is 1.14. The number of nitrogens with one attached hydrogen (secondary N) is 2. The predicted molar refractivity (Wildman–Crippen MR) is 75.0 cm³/mol. The van der Waals surface area contributed by atoms with Gasteiger partial charge in [-0.25, -0.2) is 8.42 Å². The minimum absolute atomic E-state index is 0.198. The minimum atomic E-state index is -3.22. The molecule has 0 aromatic heterocycles. The van der Waals surface area contributed by atoms with Gasteiger partial charge >= 0.3 is 0 Å². The second kappa shape index (κ2) is 6.68. The molecule has 0 unspecified atom stereocenters. The van der Waals surface area contributed by atoms with Crippen molar-refractivity contribution in [2.75, 3.05) is 19.3 Å². The Balaban J connectivity index is 2.64. The van der Waals surface area contributed by atoms with Crippen molar-refractivity contribution >= 4 is 15.7 Å². The quantitative estimate of drug-likeness (QED) is 0.811. The number of likely N-dealkylation sites (N-methyl/N-ethyl adjacent to an activating group) is 1. The molecule has 0 spiro atoms. The molecule has 0 heterocycles. The van der Waals surface area contributed by atoms with Gasteiger partial charge in [0.1, 0.15) is 0 Å². The molecule has 0 fully saturated rings. The van der Waals surface area contributed by atoms with Crippen LogP contribution < -0.4 is 10.6 Å². The highest BCUT2D eigenvalue weighted by Crippen LogP contribution is 2.10. The third kappa shape index (κ3) is 5.00. The molecule has 0 bridgehead atoms. The molecule has 0 saturated carbocycles. The number of benzene rings is 1. The second-order valence-corrected chi connectivity index (χ2v) is 6.48. The van der Waals surface area contributed by atoms with Gasteiger partial charge < -0.3 is 10.6 Å². The molecule has 106 valence electrons. The summed E-state index contributed by atoms with van der Waals surface area (Å²) in [5, 5.41) is 5.98. The fourth-order valence-electron chi connectivity index (χ4n) is 1.62. The second-order valence-electron chi connectivity index (χ2n) is 4.47. The van der Waals surface area contributed by atoms with E-state index >= 15 is 0 Å². The van der Waals surface area contributed by atoms with E-state index in [-0.39, 0.29) is 16.8 Å². The van der Waals surface area contributed by atoms with Crippen molar-refractivity contribution in [3.8, 4) is 0 Å². The van der Waals surface area contributed by atoms with Crippen LogP contribution in [0.25, 0.3) is 0 Å². The van der Waals surface area contributed by atoms with E-state index in [2.05, 4.69) is 10.6 Å². The first-order chi connectivity index (χ1) is 8.84. The Kier molecular flexibility index (Phi) is 5.50. The molecule has 0 saturated heterocycles. The van der Waals surface area contributed by atoms with E-state index in [0.29, 0.717) is 12.1 Å². The molecule has 1 aromatic rings. The smallest absolute Gasteiger partial charge is 0.251 e. The monoisotopic (exact) mass is 284 g/mol. The molecule has 6 heteroatoms. The largest absolute Gasteiger partial charge is 0.350 e. The lowest BCUT2D eigenvalue weighted by Gasteiger charge is -2.13. The third-order valence-electron chi connectivity index (χ3n) is 2.67. The van der Waals surface area contributed by atoms with E-state index in [1.54, 1.807) is 0 Å². The summed E-state index contributed by atoms with van der Waals surface area (Å²) in [4.78, 5) is 12.0. The summed E-state index contributed by atoms with van der Waals surface area (Å²) >= 11 is 0. The predicted octanol–water partition coefficient (Wildman–Crippen LogP) is 0.818. The molecule has 1 aromatic carbocycles. The van der Waals surface area contributed by atoms with Crippen LogP contribution in [0.15, 0.2) is 29.2 Å². The molecule has 0 aliphatic rings. The molecular formula is C13H20N2O3S. The first-order valence-corrected chi connectivity index (χ1v) is 8.05. The topological polar surface area (TPSA) is 75.3 Å². The van der Waals surface area contributed by atoms with Gasteiger partial charge in [-0.2, -0.15) is 0 Å². The molecular weight excluding hydrogens is 264 g/mol. The Bertz CT molecular complexity index is 523. The average Bonchev–Trinajstić information content (AvgIpc) is 2.35. The summed E-state index contributed by atoms with van der Waals surface area (Å²) in [7, 11) is -3.22. The molecule has 2 N–H and O–H groups in total. The van der Waals surface area contributed by atoms with Crippen molar-refractivity contribution in [2.45, 2.75) is 24.8 Å². The van der Waals surface area contributed by atoms with Crippen molar-refractivity contribution in [1.82, 2.24) is 10.6 Å². The minimum Gasteiger partial charge on any atom is -0.350 e. The Morgan fingerprint density at radius 1 is 1.26 bits per heavy atom. The number of carbonyl (C=O) groups is 1. The van der Waals surface area contributed by atoms with Gasteiger partial charge in [-0.15, -0.1) is 0 Å². The Morgan fingerprint density at radius 2 is 1.84 bits per heavy atom. The molecule has 1 amide bonds. The van der Waals surface area contributed by atoms with E-state index in [1.165, 1.54) is 24.3 Å². The first-order valence-electron chi connectivity index (χ1n) is 6.16. The SMILES string of the molecule is CCN[C@H](C)CNC(=O)c1ccc(S(C)(=O)=O)cc1. The molecule has 19 heavy (non-hydrogen) atoms. The van der Waals surface area contributed by atoms with Crippen LogP contribution in [0.4, 0.5) is 0 Å². The zero-order valence-electron chi connectivity index (χ0n) is 11.4. The van der Waals surface area contributed by atoms with Crippen LogP contribution >= 0.6 is 0 Å². The first kappa shape index (κ1) is 15.7. The number of carbonyl (C=O) groups excluding carboxylic acids is 1. The maximum absolute atomic E-state index is 11.8. The zero-order chi connectivity index (χ0) is 14.5. The van der Waals surface area contributed by atoms with Crippen LogP contribution in [0.2, 0.25) is 0 Å². The van der Waals surface area contributed by atoms with Gasteiger partial charge in [-0.3, -0.25) is 4.79 Å². The number of sulfone groups is 1. The van der Waals surface area contributed by atoms with E-state index < -0.39 is 9.84 Å². The summed E-state index contributed by atoms with van der Waals surface area (Å²) < 4.78 is 22.6. The molecule has 1 atom stereocenters. The summed E-state index contributed by atoms with van der Waals surface area (Å²) in [5.74, 6) is -0.204. The highest BCUT2D eigenvalue weighted by molar-refractivity contribution is 7.90. The standard InChI is InChI=1S/C13H20N2O3S/c1-4-14-10(2)9-15-13(16)11-5-7-12(8-6-11)19(3,17)18/h5-8,10,14H,4,9H2,1-3H3,(H,15,16)/t10-/m1/s1. The van der Waals surface area contributed by atoms with Gasteiger partial charge in [-0.1, -0.05) is 6.92 Å². The Hall–Kier alpha value is -1.40. The van der Waals surface area contributed by atoms with Crippen LogP contribution in [0, 0.1) is 0 Å². The van der Waals surface area contributed by atoms with Gasteiger partial charge in [-0.05, 0) is 37.7 Å². The fourth-order valence-corrected chi connectivity index (χ4v) is 2.25. The lowest BCUT2D eigenvalue weighted by Crippen LogP contribution is -2.38. The van der Waals surface area contributed by atoms with Crippen LogP contribution in [-0.4, -0.2) is 39.7 Å². The molecule has 0 radical (unpaired) electrons. The number of amides is 1. The Labute approximate surface area is 114 Å². The molecule has 1 rings (SSSR count). The van der Waals surface area contributed by atoms with E-state index in [4.69, 9.17) is 0 Å². The summed E-state index contributed by atoms with van der Waals surface area (Å²) in [5.41, 5.74) is 0.455. The number of hydrogen-bond donors (Lipinski definition) is 2. The zero-order valence-corrected chi connectivity index (χ0v) is 12.3. The van der Waals surface area contributed by atoms with Crippen molar-refractivity contribution in [2.24, 2.45) is 0 Å².